The molecular formula is C7H6BrClN2O4S2. The van der Waals surface area contributed by atoms with Gasteiger partial charge in [0.05, 0.1) is 10.7 Å². The minimum absolute atomic E-state index is 0.112. The molecule has 0 N–H and O–H groups in total. The van der Waals surface area contributed by atoms with E-state index in [2.05, 4.69) is 20.9 Å². The van der Waals surface area contributed by atoms with Crippen LogP contribution >= 0.6 is 38.4 Å². The first-order chi connectivity index (χ1) is 7.79. The summed E-state index contributed by atoms with van der Waals surface area (Å²) in [5.41, 5.74) is -0.170. The Bertz CT molecular complexity index is 537. The van der Waals surface area contributed by atoms with Crippen molar-refractivity contribution in [3.63, 3.8) is 0 Å². The summed E-state index contributed by atoms with van der Waals surface area (Å²) in [6, 6.07) is 1.31. The minimum atomic E-state index is -3.59. The van der Waals surface area contributed by atoms with Crippen molar-refractivity contribution in [2.45, 2.75) is 5.03 Å². The maximum atomic E-state index is 10.7. The molecule has 0 saturated carbocycles. The van der Waals surface area contributed by atoms with Crippen molar-refractivity contribution in [3.8, 4) is 0 Å². The van der Waals surface area contributed by atoms with E-state index < -0.39 is 14.0 Å². The lowest BCUT2D eigenvalue weighted by atomic mass is 10.4. The molecule has 1 aromatic rings. The number of thioether (sulfide) groups is 1. The predicted molar refractivity (Wildman–Crippen MR) is 69.0 cm³/mol. The molecule has 0 fully saturated rings. The van der Waals surface area contributed by atoms with Gasteiger partial charge in [-0.1, -0.05) is 11.8 Å². The molecule has 94 valence electrons. The van der Waals surface area contributed by atoms with Gasteiger partial charge in [-0.25, -0.2) is 13.4 Å². The fourth-order valence-electron chi connectivity index (χ4n) is 0.896. The molecule has 0 unspecified atom stereocenters. The molecule has 0 aliphatic carbocycles. The summed E-state index contributed by atoms with van der Waals surface area (Å²) in [5.74, 6) is -0.157. The third-order valence-electron chi connectivity index (χ3n) is 1.56. The van der Waals surface area contributed by atoms with Crippen molar-refractivity contribution >= 4 is 53.1 Å². The zero-order valence-electron chi connectivity index (χ0n) is 8.17. The first-order valence-corrected chi connectivity index (χ1v) is 8.40. The summed E-state index contributed by atoms with van der Waals surface area (Å²) in [7, 11) is 1.43. The summed E-state index contributed by atoms with van der Waals surface area (Å²) >= 11 is 4.05. The number of aromatic nitrogens is 1. The van der Waals surface area contributed by atoms with Crippen LogP contribution in [-0.4, -0.2) is 29.8 Å². The average molecular weight is 362 g/mol. The van der Waals surface area contributed by atoms with Gasteiger partial charge in [0.15, 0.2) is 5.03 Å². The largest absolute Gasteiger partial charge is 0.302 e. The normalized spacial score (nSPS) is 11.4. The van der Waals surface area contributed by atoms with Gasteiger partial charge >= 0.3 is 5.69 Å². The standard InChI is InChI=1S/C7H6BrClN2O4S2/c8-5-3-6(11(12)13)7(10-4-5)16-1-2-17(9,14)15/h3-4H,1-2H2. The fourth-order valence-corrected chi connectivity index (χ4v) is 3.51. The molecule has 0 radical (unpaired) electrons. The van der Waals surface area contributed by atoms with Gasteiger partial charge < -0.3 is 0 Å². The van der Waals surface area contributed by atoms with Gasteiger partial charge in [0, 0.05) is 33.2 Å². The highest BCUT2D eigenvalue weighted by Gasteiger charge is 2.17. The van der Waals surface area contributed by atoms with Crippen molar-refractivity contribution in [1.29, 1.82) is 0 Å². The number of hydrogen-bond acceptors (Lipinski definition) is 6. The molecule has 1 aromatic heterocycles. The lowest BCUT2D eigenvalue weighted by molar-refractivity contribution is -0.388. The monoisotopic (exact) mass is 360 g/mol. The van der Waals surface area contributed by atoms with Crippen LogP contribution in [-0.2, 0) is 9.05 Å². The summed E-state index contributed by atoms with van der Waals surface area (Å²) < 4.78 is 21.9. The molecule has 10 heteroatoms. The molecule has 1 heterocycles. The van der Waals surface area contributed by atoms with Gasteiger partial charge in [0.25, 0.3) is 0 Å². The molecule has 0 aliphatic rings. The highest BCUT2D eigenvalue weighted by Crippen LogP contribution is 2.29. The second kappa shape index (κ2) is 5.98. The van der Waals surface area contributed by atoms with Crippen molar-refractivity contribution < 1.29 is 13.3 Å². The summed E-state index contributed by atoms with van der Waals surface area (Å²) in [5, 5.41) is 10.9. The Balaban J connectivity index is 2.81. The molecule has 0 aromatic carbocycles. The van der Waals surface area contributed by atoms with Crippen molar-refractivity contribution in [1.82, 2.24) is 4.98 Å². The van der Waals surface area contributed by atoms with Crippen LogP contribution < -0.4 is 0 Å². The third-order valence-corrected chi connectivity index (χ3v) is 4.40. The predicted octanol–water partition coefficient (Wildman–Crippen LogP) is 2.41. The second-order valence-corrected chi connectivity index (χ2v) is 7.72. The molecule has 0 bridgehead atoms. The van der Waals surface area contributed by atoms with Crippen molar-refractivity contribution in [2.75, 3.05) is 11.5 Å². The van der Waals surface area contributed by atoms with E-state index in [9.17, 15) is 18.5 Å². The van der Waals surface area contributed by atoms with E-state index in [0.29, 0.717) is 4.47 Å². The number of nitro groups is 1. The van der Waals surface area contributed by atoms with Gasteiger partial charge in [-0.2, -0.15) is 0 Å². The Kier molecular flexibility index (Phi) is 5.17. The Labute approximate surface area is 114 Å². The Morgan fingerprint density at radius 2 is 2.24 bits per heavy atom. The lowest BCUT2D eigenvalue weighted by Crippen LogP contribution is -2.01. The van der Waals surface area contributed by atoms with E-state index in [1.165, 1.54) is 12.3 Å². The van der Waals surface area contributed by atoms with Crippen molar-refractivity contribution in [2.24, 2.45) is 0 Å². The molecule has 0 amide bonds. The maximum Gasteiger partial charge on any atom is 0.302 e. The third kappa shape index (κ3) is 5.19. The van der Waals surface area contributed by atoms with Crippen LogP contribution in [0, 0.1) is 10.1 Å². The number of hydrogen-bond donors (Lipinski definition) is 0. The summed E-state index contributed by atoms with van der Waals surface area (Å²) in [6.07, 6.45) is 1.41. The molecule has 1 rings (SSSR count). The maximum absolute atomic E-state index is 10.7. The zero-order valence-corrected chi connectivity index (χ0v) is 12.1. The van der Waals surface area contributed by atoms with Crippen LogP contribution in [0.5, 0.6) is 0 Å². The molecule has 0 saturated heterocycles. The van der Waals surface area contributed by atoms with Crippen LogP contribution in [0.3, 0.4) is 0 Å². The first kappa shape index (κ1) is 14.7. The zero-order chi connectivity index (χ0) is 13.1. The molecular weight excluding hydrogens is 356 g/mol. The van der Waals surface area contributed by atoms with E-state index in [-0.39, 0.29) is 22.2 Å². The lowest BCUT2D eigenvalue weighted by Gasteiger charge is -2.01. The quantitative estimate of drug-likeness (QED) is 0.346. The molecule has 0 spiro atoms. The van der Waals surface area contributed by atoms with Gasteiger partial charge in [0.1, 0.15) is 0 Å². The van der Waals surface area contributed by atoms with Crippen LogP contribution in [0.2, 0.25) is 0 Å². The molecule has 6 nitrogen and oxygen atoms in total. The summed E-state index contributed by atoms with van der Waals surface area (Å²) in [4.78, 5) is 14.0. The van der Waals surface area contributed by atoms with Gasteiger partial charge in [-0.15, -0.1) is 0 Å². The van der Waals surface area contributed by atoms with Gasteiger partial charge in [-0.3, -0.25) is 10.1 Å². The van der Waals surface area contributed by atoms with Gasteiger partial charge in [0.2, 0.25) is 9.05 Å². The fraction of sp³-hybridized carbons (Fsp3) is 0.286. The Hall–Kier alpha value is -0.380. The van der Waals surface area contributed by atoms with Crippen molar-refractivity contribution in [3.05, 3.63) is 26.9 Å². The number of nitrogens with zero attached hydrogens (tertiary/aromatic N) is 2. The van der Waals surface area contributed by atoms with Crippen LogP contribution in [0.15, 0.2) is 21.8 Å². The van der Waals surface area contributed by atoms with Crippen LogP contribution in [0.4, 0.5) is 5.69 Å². The average Bonchev–Trinajstić information content (AvgIpc) is 2.18. The highest BCUT2D eigenvalue weighted by atomic mass is 79.9. The second-order valence-electron chi connectivity index (χ2n) is 2.83. The SMILES string of the molecule is O=[N+]([O-])c1cc(Br)cnc1SCCS(=O)(=O)Cl. The number of pyridine rings is 1. The molecule has 0 aliphatic heterocycles. The van der Waals surface area contributed by atoms with E-state index in [4.69, 9.17) is 10.7 Å². The molecule has 17 heavy (non-hydrogen) atoms. The van der Waals surface area contributed by atoms with Crippen LogP contribution in [0.1, 0.15) is 0 Å². The smallest absolute Gasteiger partial charge is 0.258 e. The van der Waals surface area contributed by atoms with Crippen LogP contribution in [0.25, 0.3) is 0 Å². The van der Waals surface area contributed by atoms with E-state index in [1.54, 1.807) is 0 Å². The highest BCUT2D eigenvalue weighted by molar-refractivity contribution is 9.10. The minimum Gasteiger partial charge on any atom is -0.258 e. The number of rotatable bonds is 5. The van der Waals surface area contributed by atoms with Gasteiger partial charge in [-0.05, 0) is 15.9 Å². The van der Waals surface area contributed by atoms with E-state index in [1.807, 2.05) is 0 Å². The first-order valence-electron chi connectivity index (χ1n) is 4.14. The van der Waals surface area contributed by atoms with E-state index in [0.717, 1.165) is 11.8 Å². The molecule has 0 atom stereocenters. The Morgan fingerprint density at radius 1 is 1.59 bits per heavy atom. The number of halogens is 2. The summed E-state index contributed by atoms with van der Waals surface area (Å²) in [6.45, 7) is 0. The Morgan fingerprint density at radius 3 is 2.76 bits per heavy atom. The topological polar surface area (TPSA) is 90.2 Å². The van der Waals surface area contributed by atoms with E-state index >= 15 is 0 Å².